The van der Waals surface area contributed by atoms with Gasteiger partial charge in [-0.15, -0.1) is 10.2 Å². The Balaban J connectivity index is 1.61. The molecule has 4 aromatic rings. The molecule has 6 heteroatoms. The molecule has 1 saturated carbocycles. The van der Waals surface area contributed by atoms with Crippen molar-refractivity contribution in [3.63, 3.8) is 0 Å². The van der Waals surface area contributed by atoms with E-state index in [2.05, 4.69) is 63.1 Å². The molecule has 0 aliphatic heterocycles. The fourth-order valence-electron chi connectivity index (χ4n) is 5.71. The average molecular weight is 443 g/mol. The average Bonchev–Trinajstić information content (AvgIpc) is 3.26. The Morgan fingerprint density at radius 1 is 0.969 bits per heavy atom. The minimum atomic E-state index is -0.0867. The summed E-state index contributed by atoms with van der Waals surface area (Å²) in [6, 6.07) is 19.0. The van der Waals surface area contributed by atoms with Crippen molar-refractivity contribution < 1.29 is 0 Å². The number of hydrogen-bond acceptors (Lipinski definition) is 4. The Morgan fingerprint density at radius 2 is 1.72 bits per heavy atom. The lowest BCUT2D eigenvalue weighted by Gasteiger charge is -2.42. The normalized spacial score (nSPS) is 16.8. The summed E-state index contributed by atoms with van der Waals surface area (Å²) in [6.07, 6.45) is 6.71. The van der Waals surface area contributed by atoms with Crippen LogP contribution >= 0.6 is 11.8 Å². The number of benzene rings is 2. The molecule has 2 heterocycles. The SMILES string of the molecule is Cn1c(=O)c2c(n3c(SCc4ccccc4)nnc13)-c1ccccc1CC21CCCCC1. The van der Waals surface area contributed by atoms with Gasteiger partial charge >= 0.3 is 0 Å². The molecular weight excluding hydrogens is 416 g/mol. The van der Waals surface area contributed by atoms with E-state index in [1.165, 1.54) is 30.4 Å². The molecule has 0 N–H and O–H groups in total. The molecule has 0 saturated heterocycles. The van der Waals surface area contributed by atoms with E-state index in [1.807, 2.05) is 13.1 Å². The Bertz CT molecular complexity index is 1370. The van der Waals surface area contributed by atoms with E-state index >= 15 is 0 Å². The van der Waals surface area contributed by atoms with E-state index in [-0.39, 0.29) is 11.0 Å². The van der Waals surface area contributed by atoms with Crippen LogP contribution in [-0.2, 0) is 24.6 Å². The summed E-state index contributed by atoms with van der Waals surface area (Å²) >= 11 is 1.68. The van der Waals surface area contributed by atoms with Gasteiger partial charge in [-0.2, -0.15) is 0 Å². The van der Waals surface area contributed by atoms with Crippen molar-refractivity contribution in [2.45, 2.75) is 54.8 Å². The first kappa shape index (κ1) is 19.8. The van der Waals surface area contributed by atoms with Crippen LogP contribution in [0.3, 0.4) is 0 Å². The summed E-state index contributed by atoms with van der Waals surface area (Å²) < 4.78 is 3.86. The van der Waals surface area contributed by atoms with Gasteiger partial charge < -0.3 is 0 Å². The lowest BCUT2D eigenvalue weighted by molar-refractivity contribution is 0.283. The van der Waals surface area contributed by atoms with Gasteiger partial charge in [0, 0.05) is 29.3 Å². The van der Waals surface area contributed by atoms with E-state index in [4.69, 9.17) is 0 Å². The van der Waals surface area contributed by atoms with Gasteiger partial charge in [-0.05, 0) is 30.4 Å². The van der Waals surface area contributed by atoms with E-state index in [0.29, 0.717) is 5.78 Å². The maximum Gasteiger partial charge on any atom is 0.259 e. The summed E-state index contributed by atoms with van der Waals surface area (Å²) in [5, 5.41) is 9.85. The van der Waals surface area contributed by atoms with E-state index < -0.39 is 0 Å². The Labute approximate surface area is 191 Å². The fraction of sp³-hybridized carbons (Fsp3) is 0.346. The summed E-state index contributed by atoms with van der Waals surface area (Å²) in [7, 11) is 1.84. The second kappa shape index (κ2) is 7.62. The van der Waals surface area contributed by atoms with Gasteiger partial charge in [0.25, 0.3) is 5.56 Å². The molecule has 2 aromatic heterocycles. The van der Waals surface area contributed by atoms with Gasteiger partial charge in [-0.25, -0.2) is 0 Å². The fourth-order valence-corrected chi connectivity index (χ4v) is 6.60. The monoisotopic (exact) mass is 442 g/mol. The second-order valence-electron chi connectivity index (χ2n) is 9.15. The number of thioether (sulfide) groups is 1. The molecule has 162 valence electrons. The first-order valence-corrected chi connectivity index (χ1v) is 12.4. The van der Waals surface area contributed by atoms with Crippen LogP contribution in [0.4, 0.5) is 0 Å². The maximum atomic E-state index is 13.8. The van der Waals surface area contributed by atoms with Crippen molar-refractivity contribution in [1.82, 2.24) is 19.2 Å². The van der Waals surface area contributed by atoms with Crippen LogP contribution in [-0.4, -0.2) is 19.2 Å². The molecule has 6 rings (SSSR count). The van der Waals surface area contributed by atoms with Gasteiger partial charge in [0.05, 0.1) is 5.69 Å². The molecule has 5 nitrogen and oxygen atoms in total. The summed E-state index contributed by atoms with van der Waals surface area (Å²) in [6.45, 7) is 0. The molecule has 0 bridgehead atoms. The highest BCUT2D eigenvalue weighted by Crippen LogP contribution is 2.49. The Kier molecular flexibility index (Phi) is 4.72. The van der Waals surface area contributed by atoms with Crippen molar-refractivity contribution in [2.75, 3.05) is 0 Å². The van der Waals surface area contributed by atoms with Gasteiger partial charge in [0.1, 0.15) is 0 Å². The highest BCUT2D eigenvalue weighted by molar-refractivity contribution is 7.98. The smallest absolute Gasteiger partial charge is 0.259 e. The van der Waals surface area contributed by atoms with Crippen molar-refractivity contribution in [3.05, 3.63) is 81.6 Å². The number of aryl methyl sites for hydroxylation is 1. The highest BCUT2D eigenvalue weighted by Gasteiger charge is 2.43. The van der Waals surface area contributed by atoms with Crippen LogP contribution in [0, 0.1) is 0 Å². The third kappa shape index (κ3) is 2.96. The first-order valence-electron chi connectivity index (χ1n) is 11.4. The minimum Gasteiger partial charge on any atom is -0.280 e. The molecule has 2 aliphatic carbocycles. The van der Waals surface area contributed by atoms with Gasteiger partial charge in [0.15, 0.2) is 5.16 Å². The predicted molar refractivity (Wildman–Crippen MR) is 128 cm³/mol. The molecular formula is C26H26N4OS. The van der Waals surface area contributed by atoms with Crippen LogP contribution in [0.15, 0.2) is 64.5 Å². The molecule has 0 unspecified atom stereocenters. The van der Waals surface area contributed by atoms with Gasteiger partial charge in [-0.3, -0.25) is 13.8 Å². The zero-order valence-electron chi connectivity index (χ0n) is 18.3. The van der Waals surface area contributed by atoms with E-state index in [0.717, 1.165) is 47.0 Å². The standard InChI is InChI=1S/C26H26N4OS/c1-29-23(31)21-22(20-13-7-6-12-19(20)16-26(21)14-8-3-9-15-26)30-24(29)27-28-25(30)32-17-18-10-4-2-5-11-18/h2,4-7,10-13H,3,8-9,14-17H2,1H3. The van der Waals surface area contributed by atoms with Crippen molar-refractivity contribution in [3.8, 4) is 11.3 Å². The van der Waals surface area contributed by atoms with Crippen LogP contribution in [0.25, 0.3) is 17.0 Å². The summed E-state index contributed by atoms with van der Waals surface area (Å²) in [4.78, 5) is 13.8. The molecule has 1 spiro atoms. The highest BCUT2D eigenvalue weighted by atomic mass is 32.2. The third-order valence-electron chi connectivity index (χ3n) is 7.25. The van der Waals surface area contributed by atoms with Crippen LogP contribution < -0.4 is 5.56 Å². The molecule has 2 aliphatic rings. The Hall–Kier alpha value is -2.86. The largest absolute Gasteiger partial charge is 0.280 e. The van der Waals surface area contributed by atoms with Crippen molar-refractivity contribution in [1.29, 1.82) is 0 Å². The van der Waals surface area contributed by atoms with Crippen molar-refractivity contribution in [2.24, 2.45) is 7.05 Å². The third-order valence-corrected chi connectivity index (χ3v) is 8.25. The number of hydrogen-bond donors (Lipinski definition) is 0. The van der Waals surface area contributed by atoms with Gasteiger partial charge in [-0.1, -0.05) is 85.6 Å². The molecule has 0 atom stereocenters. The lowest BCUT2D eigenvalue weighted by Crippen LogP contribution is -2.43. The lowest BCUT2D eigenvalue weighted by atomic mass is 9.62. The second-order valence-corrected chi connectivity index (χ2v) is 10.1. The first-order chi connectivity index (χ1) is 15.7. The van der Waals surface area contributed by atoms with Crippen molar-refractivity contribution >= 4 is 17.5 Å². The van der Waals surface area contributed by atoms with E-state index in [1.54, 1.807) is 16.3 Å². The number of rotatable bonds is 3. The van der Waals surface area contributed by atoms with Crippen LogP contribution in [0.5, 0.6) is 0 Å². The zero-order chi connectivity index (χ0) is 21.7. The summed E-state index contributed by atoms with van der Waals surface area (Å²) in [5.74, 6) is 1.43. The van der Waals surface area contributed by atoms with Crippen LogP contribution in [0.2, 0.25) is 0 Å². The topological polar surface area (TPSA) is 52.2 Å². The quantitative estimate of drug-likeness (QED) is 0.412. The molecule has 0 amide bonds. The number of aromatic nitrogens is 4. The molecule has 2 aromatic carbocycles. The predicted octanol–water partition coefficient (Wildman–Crippen LogP) is 5.15. The number of nitrogens with zero attached hydrogens (tertiary/aromatic N) is 4. The zero-order valence-corrected chi connectivity index (χ0v) is 19.1. The molecule has 0 radical (unpaired) electrons. The van der Waals surface area contributed by atoms with Gasteiger partial charge in [0.2, 0.25) is 5.78 Å². The molecule has 32 heavy (non-hydrogen) atoms. The minimum absolute atomic E-state index is 0.0867. The number of fused-ring (bicyclic) bond motifs is 6. The van der Waals surface area contributed by atoms with E-state index in [9.17, 15) is 4.79 Å². The summed E-state index contributed by atoms with van der Waals surface area (Å²) in [5.41, 5.74) is 5.75. The van der Waals surface area contributed by atoms with Crippen LogP contribution in [0.1, 0.15) is 48.8 Å². The maximum absolute atomic E-state index is 13.8. The Morgan fingerprint density at radius 3 is 2.53 bits per heavy atom. The molecule has 1 fully saturated rings.